The van der Waals surface area contributed by atoms with E-state index in [1.54, 1.807) is 25.1 Å². The molecule has 0 bridgehead atoms. The molecule has 0 aliphatic rings. The maximum absolute atomic E-state index is 11.9. The number of hydrogen-bond donors (Lipinski definition) is 2. The van der Waals surface area contributed by atoms with Gasteiger partial charge in [-0.2, -0.15) is 0 Å². The molecular formula is C15H22N2O5. The second-order valence-corrected chi connectivity index (χ2v) is 4.74. The van der Waals surface area contributed by atoms with E-state index in [0.29, 0.717) is 17.1 Å². The largest absolute Gasteiger partial charge is 0.497 e. The van der Waals surface area contributed by atoms with Crippen LogP contribution in [0.25, 0.3) is 0 Å². The van der Waals surface area contributed by atoms with E-state index >= 15 is 0 Å². The fraction of sp³-hybridized carbons (Fsp3) is 0.467. The Balaban J connectivity index is 3.13. The number of ether oxygens (including phenoxy) is 3. The molecule has 0 spiro atoms. The quantitative estimate of drug-likeness (QED) is 0.722. The molecule has 122 valence electrons. The number of nitrogens with one attached hydrogen (secondary N) is 1. The first-order valence-corrected chi connectivity index (χ1v) is 6.77. The van der Waals surface area contributed by atoms with Crippen LogP contribution in [0.4, 0.5) is 0 Å². The Labute approximate surface area is 129 Å². The van der Waals surface area contributed by atoms with Gasteiger partial charge in [-0.1, -0.05) is 0 Å². The molecule has 7 nitrogen and oxygen atoms in total. The van der Waals surface area contributed by atoms with Crippen molar-refractivity contribution < 1.29 is 23.8 Å². The molecule has 0 saturated heterocycles. The molecular weight excluding hydrogens is 288 g/mol. The molecule has 0 saturated carbocycles. The summed E-state index contributed by atoms with van der Waals surface area (Å²) in [6.45, 7) is 1.57. The van der Waals surface area contributed by atoms with Crippen molar-refractivity contribution in [2.75, 3.05) is 21.3 Å². The maximum atomic E-state index is 11.9. The fourth-order valence-corrected chi connectivity index (χ4v) is 1.90. The van der Waals surface area contributed by atoms with Gasteiger partial charge in [0.25, 0.3) is 0 Å². The lowest BCUT2D eigenvalue weighted by Crippen LogP contribution is -2.41. The van der Waals surface area contributed by atoms with Gasteiger partial charge >= 0.3 is 5.97 Å². The SMILES string of the molecule is COC(=O)CC(NC(=O)C(C)N)c1ccc(OC)cc1OC. The minimum atomic E-state index is -0.690. The minimum Gasteiger partial charge on any atom is -0.497 e. The number of benzene rings is 1. The van der Waals surface area contributed by atoms with Crippen LogP contribution in [0, 0.1) is 0 Å². The number of carbonyl (C=O) groups is 2. The van der Waals surface area contributed by atoms with Gasteiger partial charge < -0.3 is 25.3 Å². The third-order valence-corrected chi connectivity index (χ3v) is 3.14. The number of hydrogen-bond acceptors (Lipinski definition) is 6. The molecule has 0 aliphatic carbocycles. The first kappa shape index (κ1) is 17.8. The van der Waals surface area contributed by atoms with Crippen LogP contribution >= 0.6 is 0 Å². The first-order valence-electron chi connectivity index (χ1n) is 6.77. The van der Waals surface area contributed by atoms with E-state index < -0.39 is 18.1 Å². The van der Waals surface area contributed by atoms with Gasteiger partial charge in [0.1, 0.15) is 11.5 Å². The molecule has 2 unspecified atom stereocenters. The van der Waals surface area contributed by atoms with Crippen molar-refractivity contribution in [3.8, 4) is 11.5 Å². The highest BCUT2D eigenvalue weighted by atomic mass is 16.5. The number of rotatable bonds is 7. The van der Waals surface area contributed by atoms with Gasteiger partial charge in [0.2, 0.25) is 5.91 Å². The Bertz CT molecular complexity index is 531. The van der Waals surface area contributed by atoms with E-state index in [1.165, 1.54) is 21.3 Å². The van der Waals surface area contributed by atoms with Gasteiger partial charge in [0, 0.05) is 11.6 Å². The Morgan fingerprint density at radius 3 is 2.41 bits per heavy atom. The molecule has 0 fully saturated rings. The van der Waals surface area contributed by atoms with Crippen LogP contribution in [0.15, 0.2) is 18.2 Å². The lowest BCUT2D eigenvalue weighted by Gasteiger charge is -2.22. The van der Waals surface area contributed by atoms with Crippen LogP contribution in [0.2, 0.25) is 0 Å². The summed E-state index contributed by atoms with van der Waals surface area (Å²) in [6.07, 6.45) is -0.0301. The van der Waals surface area contributed by atoms with E-state index in [1.807, 2.05) is 0 Å². The smallest absolute Gasteiger partial charge is 0.307 e. The van der Waals surface area contributed by atoms with Crippen LogP contribution in [0.5, 0.6) is 11.5 Å². The maximum Gasteiger partial charge on any atom is 0.307 e. The van der Waals surface area contributed by atoms with Crippen molar-refractivity contribution in [1.29, 1.82) is 0 Å². The van der Waals surface area contributed by atoms with Crippen molar-refractivity contribution in [2.24, 2.45) is 5.73 Å². The van der Waals surface area contributed by atoms with Gasteiger partial charge in [-0.15, -0.1) is 0 Å². The van der Waals surface area contributed by atoms with Gasteiger partial charge in [0.05, 0.1) is 39.8 Å². The van der Waals surface area contributed by atoms with Crippen LogP contribution < -0.4 is 20.5 Å². The molecule has 0 aliphatic heterocycles. The molecule has 1 aromatic rings. The molecule has 7 heteroatoms. The van der Waals surface area contributed by atoms with Crippen LogP contribution in [0.1, 0.15) is 24.9 Å². The molecule has 0 radical (unpaired) electrons. The van der Waals surface area contributed by atoms with E-state index in [0.717, 1.165) is 0 Å². The molecule has 0 aromatic heterocycles. The third-order valence-electron chi connectivity index (χ3n) is 3.14. The fourth-order valence-electron chi connectivity index (χ4n) is 1.90. The summed E-state index contributed by atoms with van der Waals surface area (Å²) in [6, 6.07) is 3.83. The average Bonchev–Trinajstić information content (AvgIpc) is 2.52. The second kappa shape index (κ2) is 8.23. The van der Waals surface area contributed by atoms with Crippen molar-refractivity contribution in [2.45, 2.75) is 25.4 Å². The highest BCUT2D eigenvalue weighted by Crippen LogP contribution is 2.31. The van der Waals surface area contributed by atoms with Crippen LogP contribution in [-0.4, -0.2) is 39.2 Å². The summed E-state index contributed by atoms with van der Waals surface area (Å²) in [5.74, 6) is 0.286. The van der Waals surface area contributed by atoms with Gasteiger partial charge in [-0.3, -0.25) is 9.59 Å². The van der Waals surface area contributed by atoms with Gasteiger partial charge in [0.15, 0.2) is 0 Å². The number of methoxy groups -OCH3 is 3. The molecule has 3 N–H and O–H groups in total. The topological polar surface area (TPSA) is 99.9 Å². The number of nitrogens with two attached hydrogens (primary N) is 1. The molecule has 1 rings (SSSR count). The molecule has 2 atom stereocenters. The predicted molar refractivity (Wildman–Crippen MR) is 80.7 cm³/mol. The monoisotopic (exact) mass is 310 g/mol. The number of esters is 1. The second-order valence-electron chi connectivity index (χ2n) is 4.74. The summed E-state index contributed by atoms with van der Waals surface area (Å²) in [7, 11) is 4.33. The standard InChI is InChI=1S/C15H22N2O5/c1-9(16)15(19)17-12(8-14(18)22-4)11-6-5-10(20-2)7-13(11)21-3/h5-7,9,12H,8,16H2,1-4H3,(H,17,19). The zero-order valence-electron chi connectivity index (χ0n) is 13.2. The highest BCUT2D eigenvalue weighted by molar-refractivity contribution is 5.82. The molecule has 22 heavy (non-hydrogen) atoms. The van der Waals surface area contributed by atoms with Crippen LogP contribution in [0.3, 0.4) is 0 Å². The van der Waals surface area contributed by atoms with E-state index in [4.69, 9.17) is 15.2 Å². The van der Waals surface area contributed by atoms with Crippen LogP contribution in [-0.2, 0) is 14.3 Å². The first-order chi connectivity index (χ1) is 10.4. The van der Waals surface area contributed by atoms with Gasteiger partial charge in [-0.25, -0.2) is 0 Å². The van der Waals surface area contributed by atoms with E-state index in [2.05, 4.69) is 10.1 Å². The zero-order chi connectivity index (χ0) is 16.7. The van der Waals surface area contributed by atoms with Crippen molar-refractivity contribution in [3.63, 3.8) is 0 Å². The Kier molecular flexibility index (Phi) is 6.65. The van der Waals surface area contributed by atoms with Gasteiger partial charge in [-0.05, 0) is 19.1 Å². The summed E-state index contributed by atoms with van der Waals surface area (Å²) in [5, 5.41) is 2.72. The lowest BCUT2D eigenvalue weighted by atomic mass is 10.0. The molecule has 1 aromatic carbocycles. The highest BCUT2D eigenvalue weighted by Gasteiger charge is 2.23. The average molecular weight is 310 g/mol. The third kappa shape index (κ3) is 4.63. The Morgan fingerprint density at radius 1 is 1.23 bits per heavy atom. The summed E-state index contributed by atoms with van der Waals surface area (Å²) >= 11 is 0. The number of amides is 1. The van der Waals surface area contributed by atoms with Crippen molar-refractivity contribution >= 4 is 11.9 Å². The summed E-state index contributed by atoms with van der Waals surface area (Å²) in [4.78, 5) is 23.5. The molecule has 1 amide bonds. The van der Waals surface area contributed by atoms with Crippen molar-refractivity contribution in [1.82, 2.24) is 5.32 Å². The normalized spacial score (nSPS) is 13.0. The molecule has 0 heterocycles. The Hall–Kier alpha value is -2.28. The number of carbonyl (C=O) groups excluding carboxylic acids is 2. The zero-order valence-corrected chi connectivity index (χ0v) is 13.2. The Morgan fingerprint density at radius 2 is 1.91 bits per heavy atom. The van der Waals surface area contributed by atoms with E-state index in [9.17, 15) is 9.59 Å². The lowest BCUT2D eigenvalue weighted by molar-refractivity contribution is -0.141. The minimum absolute atomic E-state index is 0.0301. The summed E-state index contributed by atoms with van der Waals surface area (Å²) < 4.78 is 15.1. The predicted octanol–water partition coefficient (Wildman–Crippen LogP) is 0.771. The van der Waals surface area contributed by atoms with E-state index in [-0.39, 0.29) is 12.3 Å². The van der Waals surface area contributed by atoms with Crippen molar-refractivity contribution in [3.05, 3.63) is 23.8 Å². The summed E-state index contributed by atoms with van der Waals surface area (Å²) in [5.41, 5.74) is 6.20.